The molecule has 0 aliphatic carbocycles. The lowest BCUT2D eigenvalue weighted by Crippen LogP contribution is -2.44. The lowest BCUT2D eigenvalue weighted by molar-refractivity contribution is -0.127. The predicted octanol–water partition coefficient (Wildman–Crippen LogP) is 4.59. The van der Waals surface area contributed by atoms with Crippen LogP contribution >= 0.6 is 35.6 Å². The highest BCUT2D eigenvalue weighted by Crippen LogP contribution is 2.35. The third-order valence-corrected chi connectivity index (χ3v) is 5.85. The van der Waals surface area contributed by atoms with Crippen LogP contribution < -0.4 is 10.6 Å². The summed E-state index contributed by atoms with van der Waals surface area (Å²) in [6, 6.07) is 5.52. The van der Waals surface area contributed by atoms with Crippen molar-refractivity contribution in [3.8, 4) is 0 Å². The van der Waals surface area contributed by atoms with E-state index in [1.165, 1.54) is 6.42 Å². The second-order valence-electron chi connectivity index (χ2n) is 6.32. The maximum Gasteiger partial charge on any atom is 0.230 e. The lowest BCUT2D eigenvalue weighted by Gasteiger charge is -2.31. The van der Waals surface area contributed by atoms with Crippen molar-refractivity contribution in [2.75, 3.05) is 19.6 Å². The van der Waals surface area contributed by atoms with Crippen LogP contribution in [0.4, 0.5) is 0 Å². The Morgan fingerprint density at radius 1 is 1.29 bits per heavy atom. The number of benzene rings is 1. The summed E-state index contributed by atoms with van der Waals surface area (Å²) in [5.74, 6) is 0.768. The molecule has 2 N–H and O–H groups in total. The standard InChI is InChI=1S/C18H26Cl2N2O.ClH/c1-3-18(4-2,14-5-6-15(19)16(20)11-14)17(23)22-10-8-13-7-9-21-12-13;/h5-6,11,13,21H,3-4,7-10,12H2,1-2H3,(H,22,23);1H. The highest BCUT2D eigenvalue weighted by atomic mass is 35.5. The smallest absolute Gasteiger partial charge is 0.230 e. The Morgan fingerprint density at radius 3 is 2.54 bits per heavy atom. The van der Waals surface area contributed by atoms with Crippen molar-refractivity contribution >= 4 is 41.5 Å². The summed E-state index contributed by atoms with van der Waals surface area (Å²) >= 11 is 12.2. The third-order valence-electron chi connectivity index (χ3n) is 5.11. The molecule has 1 aromatic carbocycles. The van der Waals surface area contributed by atoms with Crippen molar-refractivity contribution in [3.63, 3.8) is 0 Å². The number of halogens is 3. The minimum Gasteiger partial charge on any atom is -0.355 e. The van der Waals surface area contributed by atoms with E-state index in [0.717, 1.165) is 44.5 Å². The average Bonchev–Trinajstić information content (AvgIpc) is 3.06. The highest BCUT2D eigenvalue weighted by molar-refractivity contribution is 6.42. The van der Waals surface area contributed by atoms with E-state index in [9.17, 15) is 4.79 Å². The Hall–Kier alpha value is -0.480. The fourth-order valence-corrected chi connectivity index (χ4v) is 3.72. The molecule has 1 aliphatic rings. The van der Waals surface area contributed by atoms with Crippen molar-refractivity contribution in [3.05, 3.63) is 33.8 Å². The summed E-state index contributed by atoms with van der Waals surface area (Å²) in [5.41, 5.74) is 0.402. The molecule has 1 amide bonds. The van der Waals surface area contributed by atoms with E-state index in [4.69, 9.17) is 23.2 Å². The van der Waals surface area contributed by atoms with E-state index < -0.39 is 5.41 Å². The quantitative estimate of drug-likeness (QED) is 0.711. The first-order valence-corrected chi connectivity index (χ1v) is 9.23. The first-order valence-electron chi connectivity index (χ1n) is 8.48. The SMILES string of the molecule is CCC(CC)(C(=O)NCCC1CCNC1)c1ccc(Cl)c(Cl)c1.Cl. The minimum absolute atomic E-state index is 0. The number of carbonyl (C=O) groups excluding carboxylic acids is 1. The van der Waals surface area contributed by atoms with Crippen LogP contribution in [0.15, 0.2) is 18.2 Å². The zero-order valence-electron chi connectivity index (χ0n) is 14.3. The molecule has 6 heteroatoms. The summed E-state index contributed by atoms with van der Waals surface area (Å²) in [5, 5.41) is 7.52. The fourth-order valence-electron chi connectivity index (χ4n) is 3.42. The molecule has 136 valence electrons. The number of nitrogens with one attached hydrogen (secondary N) is 2. The Labute approximate surface area is 161 Å². The van der Waals surface area contributed by atoms with E-state index in [1.807, 2.05) is 26.0 Å². The van der Waals surface area contributed by atoms with Gasteiger partial charge >= 0.3 is 0 Å². The maximum absolute atomic E-state index is 12.9. The normalized spacial score (nSPS) is 17.4. The van der Waals surface area contributed by atoms with Crippen LogP contribution in [0.3, 0.4) is 0 Å². The Kier molecular flexibility index (Phi) is 8.86. The molecule has 0 radical (unpaired) electrons. The average molecular weight is 394 g/mol. The van der Waals surface area contributed by atoms with Gasteiger partial charge in [0.05, 0.1) is 15.5 Å². The van der Waals surface area contributed by atoms with Crippen LogP contribution in [0, 0.1) is 5.92 Å². The van der Waals surface area contributed by atoms with Gasteiger partial charge in [0.1, 0.15) is 0 Å². The van der Waals surface area contributed by atoms with E-state index in [-0.39, 0.29) is 18.3 Å². The van der Waals surface area contributed by atoms with Gasteiger partial charge in [0.15, 0.2) is 0 Å². The van der Waals surface area contributed by atoms with Crippen LogP contribution in [0.2, 0.25) is 10.0 Å². The van der Waals surface area contributed by atoms with Gasteiger partial charge in [0, 0.05) is 6.54 Å². The lowest BCUT2D eigenvalue weighted by atomic mass is 9.75. The maximum atomic E-state index is 12.9. The molecular weight excluding hydrogens is 367 g/mol. The molecule has 0 bridgehead atoms. The molecular formula is C18H27Cl3N2O. The molecule has 2 rings (SSSR count). The zero-order valence-corrected chi connectivity index (χ0v) is 16.7. The highest BCUT2D eigenvalue weighted by Gasteiger charge is 2.37. The predicted molar refractivity (Wildman–Crippen MR) is 105 cm³/mol. The van der Waals surface area contributed by atoms with Crippen molar-refractivity contribution in [2.24, 2.45) is 5.92 Å². The fraction of sp³-hybridized carbons (Fsp3) is 0.611. The van der Waals surface area contributed by atoms with Gasteiger partial charge in [-0.3, -0.25) is 4.79 Å². The van der Waals surface area contributed by atoms with Crippen LogP contribution in [-0.2, 0) is 10.2 Å². The second kappa shape index (κ2) is 9.86. The van der Waals surface area contributed by atoms with E-state index in [1.54, 1.807) is 6.07 Å². The number of rotatable bonds is 7. The Balaban J connectivity index is 0.00000288. The topological polar surface area (TPSA) is 41.1 Å². The number of hydrogen-bond donors (Lipinski definition) is 2. The molecule has 0 aromatic heterocycles. The van der Waals surface area contributed by atoms with Crippen molar-refractivity contribution < 1.29 is 4.79 Å². The van der Waals surface area contributed by atoms with Crippen LogP contribution in [0.1, 0.15) is 45.1 Å². The molecule has 1 heterocycles. The van der Waals surface area contributed by atoms with Crippen molar-refractivity contribution in [1.29, 1.82) is 0 Å². The Morgan fingerprint density at radius 2 is 2.00 bits per heavy atom. The van der Waals surface area contributed by atoms with Gasteiger partial charge in [-0.2, -0.15) is 0 Å². The van der Waals surface area contributed by atoms with E-state index in [0.29, 0.717) is 16.0 Å². The van der Waals surface area contributed by atoms with Gasteiger partial charge in [0.2, 0.25) is 5.91 Å². The molecule has 24 heavy (non-hydrogen) atoms. The first kappa shape index (κ1) is 21.6. The zero-order chi connectivity index (χ0) is 16.9. The molecule has 3 nitrogen and oxygen atoms in total. The molecule has 1 fully saturated rings. The first-order chi connectivity index (χ1) is 11.0. The van der Waals surface area contributed by atoms with Crippen molar-refractivity contribution in [1.82, 2.24) is 10.6 Å². The minimum atomic E-state index is -0.540. The molecule has 1 unspecified atom stereocenters. The summed E-state index contributed by atoms with van der Waals surface area (Å²) < 4.78 is 0. The van der Waals surface area contributed by atoms with Gasteiger partial charge in [0.25, 0.3) is 0 Å². The summed E-state index contributed by atoms with van der Waals surface area (Å²) in [6.45, 7) is 6.98. The second-order valence-corrected chi connectivity index (χ2v) is 7.14. The number of carbonyl (C=O) groups is 1. The summed E-state index contributed by atoms with van der Waals surface area (Å²) in [4.78, 5) is 12.9. The van der Waals surface area contributed by atoms with Crippen LogP contribution in [0.25, 0.3) is 0 Å². The number of amides is 1. The summed E-state index contributed by atoms with van der Waals surface area (Å²) in [7, 11) is 0. The van der Waals surface area contributed by atoms with E-state index >= 15 is 0 Å². The monoisotopic (exact) mass is 392 g/mol. The molecule has 1 aliphatic heterocycles. The van der Waals surface area contributed by atoms with Gasteiger partial charge in [-0.05, 0) is 62.4 Å². The number of hydrogen-bond acceptors (Lipinski definition) is 2. The molecule has 1 aromatic rings. The largest absolute Gasteiger partial charge is 0.355 e. The molecule has 1 atom stereocenters. The summed E-state index contributed by atoms with van der Waals surface area (Å²) in [6.07, 6.45) is 3.70. The molecule has 0 spiro atoms. The van der Waals surface area contributed by atoms with E-state index in [2.05, 4.69) is 10.6 Å². The van der Waals surface area contributed by atoms with Gasteiger partial charge < -0.3 is 10.6 Å². The Bertz CT molecular complexity index is 541. The van der Waals surface area contributed by atoms with Gasteiger partial charge in [-0.25, -0.2) is 0 Å². The van der Waals surface area contributed by atoms with Gasteiger partial charge in [-0.15, -0.1) is 12.4 Å². The molecule has 1 saturated heterocycles. The van der Waals surface area contributed by atoms with Crippen LogP contribution in [-0.4, -0.2) is 25.5 Å². The molecule has 0 saturated carbocycles. The van der Waals surface area contributed by atoms with Crippen LogP contribution in [0.5, 0.6) is 0 Å². The van der Waals surface area contributed by atoms with Gasteiger partial charge in [-0.1, -0.05) is 43.1 Å². The third kappa shape index (κ3) is 4.78. The van der Waals surface area contributed by atoms with Crippen molar-refractivity contribution in [2.45, 2.75) is 44.9 Å².